The van der Waals surface area contributed by atoms with Crippen LogP contribution in [0.4, 0.5) is 5.69 Å². The summed E-state index contributed by atoms with van der Waals surface area (Å²) in [5, 5.41) is 19.3. The van der Waals surface area contributed by atoms with E-state index in [0.717, 1.165) is 0 Å². The largest absolute Gasteiger partial charge is 0.478 e. The second kappa shape index (κ2) is 3.37. The number of benzene rings is 1. The van der Waals surface area contributed by atoms with E-state index >= 15 is 0 Å². The van der Waals surface area contributed by atoms with Gasteiger partial charge in [-0.05, 0) is 28.6 Å². The Labute approximate surface area is 84.1 Å². The van der Waals surface area contributed by atoms with Crippen LogP contribution in [0.5, 0.6) is 0 Å². The van der Waals surface area contributed by atoms with Gasteiger partial charge in [0.25, 0.3) is 0 Å². The molecule has 76 valence electrons. The number of aromatic carboxylic acids is 1. The lowest BCUT2D eigenvalue weighted by Gasteiger charge is -2.03. The Bertz CT molecular complexity index is 494. The molecule has 0 aliphatic heterocycles. The Kier molecular flexibility index (Phi) is 2.05. The lowest BCUT2D eigenvalue weighted by molar-refractivity contribution is 0.0698. The fourth-order valence-electron chi connectivity index (χ4n) is 1.17. The van der Waals surface area contributed by atoms with Gasteiger partial charge in [-0.2, -0.15) is 0 Å². The maximum Gasteiger partial charge on any atom is 0.337 e. The van der Waals surface area contributed by atoms with Crippen LogP contribution in [0.15, 0.2) is 24.5 Å². The summed E-state index contributed by atoms with van der Waals surface area (Å²) in [4.78, 5) is 10.7. The number of carboxylic acids is 1. The predicted molar refractivity (Wildman–Crippen MR) is 50.5 cm³/mol. The molecule has 0 fully saturated rings. The molecule has 2 rings (SSSR count). The van der Waals surface area contributed by atoms with E-state index in [9.17, 15) is 4.79 Å². The number of tetrazole rings is 1. The highest BCUT2D eigenvalue weighted by molar-refractivity contribution is 5.94. The minimum Gasteiger partial charge on any atom is -0.478 e. The molecule has 0 aliphatic carbocycles. The summed E-state index contributed by atoms with van der Waals surface area (Å²) in [6, 6.07) is 4.49. The number of hydrogen-bond donors (Lipinski definition) is 2. The van der Waals surface area contributed by atoms with Crippen LogP contribution < -0.4 is 5.73 Å². The Hall–Kier alpha value is -2.44. The van der Waals surface area contributed by atoms with E-state index in [4.69, 9.17) is 10.8 Å². The number of nitrogen functional groups attached to an aromatic ring is 1. The molecule has 7 heteroatoms. The zero-order valence-corrected chi connectivity index (χ0v) is 7.53. The Morgan fingerprint density at radius 2 is 2.27 bits per heavy atom. The Balaban J connectivity index is 2.47. The van der Waals surface area contributed by atoms with Crippen molar-refractivity contribution < 1.29 is 9.90 Å². The number of nitrogens with zero attached hydrogens (tertiary/aromatic N) is 4. The smallest absolute Gasteiger partial charge is 0.337 e. The third-order valence-electron chi connectivity index (χ3n) is 1.88. The summed E-state index contributed by atoms with van der Waals surface area (Å²) in [6.45, 7) is 0. The number of carboxylic acid groups (broad SMARTS) is 1. The van der Waals surface area contributed by atoms with Crippen LogP contribution in [0, 0.1) is 0 Å². The van der Waals surface area contributed by atoms with Crippen molar-refractivity contribution in [1.82, 2.24) is 20.2 Å². The first-order valence-corrected chi connectivity index (χ1v) is 4.04. The normalized spacial score (nSPS) is 10.1. The molecule has 0 spiro atoms. The molecule has 1 aromatic heterocycles. The molecule has 0 saturated carbocycles. The lowest BCUT2D eigenvalue weighted by atomic mass is 10.1. The number of anilines is 1. The zero-order valence-electron chi connectivity index (χ0n) is 7.53. The Morgan fingerprint density at radius 1 is 1.47 bits per heavy atom. The summed E-state index contributed by atoms with van der Waals surface area (Å²) in [7, 11) is 0. The minimum absolute atomic E-state index is 0.0619. The van der Waals surface area contributed by atoms with E-state index < -0.39 is 5.97 Å². The summed E-state index contributed by atoms with van der Waals surface area (Å²) in [5.41, 5.74) is 6.42. The van der Waals surface area contributed by atoms with E-state index in [2.05, 4.69) is 15.5 Å². The van der Waals surface area contributed by atoms with E-state index in [-0.39, 0.29) is 11.3 Å². The standard InChI is InChI=1S/C8H7N5O2/c9-7-3-5(13-4-10-11-12-13)1-2-6(7)8(14)15/h1-4H,9H2,(H,14,15). The molecule has 0 atom stereocenters. The van der Waals surface area contributed by atoms with Crippen molar-refractivity contribution in [2.24, 2.45) is 0 Å². The molecule has 15 heavy (non-hydrogen) atoms. The molecule has 0 saturated heterocycles. The van der Waals surface area contributed by atoms with E-state index in [1.165, 1.54) is 23.1 Å². The van der Waals surface area contributed by atoms with Gasteiger partial charge >= 0.3 is 5.97 Å². The van der Waals surface area contributed by atoms with Gasteiger partial charge in [0, 0.05) is 5.69 Å². The van der Waals surface area contributed by atoms with Gasteiger partial charge in [0.15, 0.2) is 0 Å². The van der Waals surface area contributed by atoms with Gasteiger partial charge < -0.3 is 10.8 Å². The maximum absolute atomic E-state index is 10.7. The molecule has 0 aliphatic rings. The van der Waals surface area contributed by atoms with Crippen LogP contribution in [-0.4, -0.2) is 31.3 Å². The van der Waals surface area contributed by atoms with Gasteiger partial charge in [0.2, 0.25) is 0 Å². The average Bonchev–Trinajstić information content (AvgIpc) is 2.69. The number of hydrogen-bond acceptors (Lipinski definition) is 5. The highest BCUT2D eigenvalue weighted by Gasteiger charge is 2.08. The van der Waals surface area contributed by atoms with Crippen molar-refractivity contribution in [2.75, 3.05) is 5.73 Å². The SMILES string of the molecule is Nc1cc(-n2cnnn2)ccc1C(=O)O. The van der Waals surface area contributed by atoms with Crippen LogP contribution in [0.2, 0.25) is 0 Å². The van der Waals surface area contributed by atoms with Gasteiger partial charge in [-0.3, -0.25) is 0 Å². The van der Waals surface area contributed by atoms with Crippen molar-refractivity contribution in [1.29, 1.82) is 0 Å². The predicted octanol–water partition coefficient (Wildman–Crippen LogP) is -0.0573. The molecule has 1 aromatic carbocycles. The van der Waals surface area contributed by atoms with Crippen LogP contribution in [0.3, 0.4) is 0 Å². The Morgan fingerprint density at radius 3 is 2.80 bits per heavy atom. The fourth-order valence-corrected chi connectivity index (χ4v) is 1.17. The number of aromatic nitrogens is 4. The number of nitrogens with two attached hydrogens (primary N) is 1. The van der Waals surface area contributed by atoms with Crippen LogP contribution in [0.25, 0.3) is 5.69 Å². The monoisotopic (exact) mass is 205 g/mol. The fraction of sp³-hybridized carbons (Fsp3) is 0. The lowest BCUT2D eigenvalue weighted by Crippen LogP contribution is -2.04. The second-order valence-electron chi connectivity index (χ2n) is 2.83. The minimum atomic E-state index is -1.06. The van der Waals surface area contributed by atoms with Crippen LogP contribution in [0.1, 0.15) is 10.4 Å². The molecule has 0 unspecified atom stereocenters. The van der Waals surface area contributed by atoms with E-state index in [1.54, 1.807) is 6.07 Å². The molecule has 1 heterocycles. The average molecular weight is 205 g/mol. The van der Waals surface area contributed by atoms with Crippen molar-refractivity contribution >= 4 is 11.7 Å². The number of carbonyl (C=O) groups is 1. The van der Waals surface area contributed by atoms with Crippen molar-refractivity contribution in [3.05, 3.63) is 30.1 Å². The molecular weight excluding hydrogens is 198 g/mol. The van der Waals surface area contributed by atoms with E-state index in [1.807, 2.05) is 0 Å². The molecule has 2 aromatic rings. The quantitative estimate of drug-likeness (QED) is 0.665. The molecule has 0 amide bonds. The summed E-state index contributed by atoms with van der Waals surface area (Å²) in [5.74, 6) is -1.06. The maximum atomic E-state index is 10.7. The summed E-state index contributed by atoms with van der Waals surface area (Å²) >= 11 is 0. The summed E-state index contributed by atoms with van der Waals surface area (Å²) in [6.07, 6.45) is 1.40. The number of rotatable bonds is 2. The van der Waals surface area contributed by atoms with Gasteiger partial charge in [-0.1, -0.05) is 0 Å². The highest BCUT2D eigenvalue weighted by atomic mass is 16.4. The van der Waals surface area contributed by atoms with Gasteiger partial charge in [-0.15, -0.1) is 5.10 Å². The second-order valence-corrected chi connectivity index (χ2v) is 2.83. The molecule has 3 N–H and O–H groups in total. The molecule has 0 bridgehead atoms. The van der Waals surface area contributed by atoms with Crippen molar-refractivity contribution in [2.45, 2.75) is 0 Å². The first-order valence-electron chi connectivity index (χ1n) is 4.04. The van der Waals surface area contributed by atoms with Gasteiger partial charge in [0.05, 0.1) is 11.3 Å². The first kappa shape index (κ1) is 9.13. The van der Waals surface area contributed by atoms with Crippen LogP contribution in [-0.2, 0) is 0 Å². The zero-order chi connectivity index (χ0) is 10.8. The van der Waals surface area contributed by atoms with Gasteiger partial charge in [-0.25, -0.2) is 9.48 Å². The van der Waals surface area contributed by atoms with Crippen molar-refractivity contribution in [3.8, 4) is 5.69 Å². The van der Waals surface area contributed by atoms with Crippen molar-refractivity contribution in [3.63, 3.8) is 0 Å². The van der Waals surface area contributed by atoms with E-state index in [0.29, 0.717) is 5.69 Å². The van der Waals surface area contributed by atoms with Gasteiger partial charge in [0.1, 0.15) is 6.33 Å². The molecular formula is C8H7N5O2. The van der Waals surface area contributed by atoms with Crippen LogP contribution >= 0.6 is 0 Å². The summed E-state index contributed by atoms with van der Waals surface area (Å²) < 4.78 is 1.39. The molecule has 7 nitrogen and oxygen atoms in total. The highest BCUT2D eigenvalue weighted by Crippen LogP contribution is 2.16. The third-order valence-corrected chi connectivity index (χ3v) is 1.88. The first-order chi connectivity index (χ1) is 7.18. The third kappa shape index (κ3) is 1.62. The molecule has 0 radical (unpaired) electrons. The topological polar surface area (TPSA) is 107 Å².